The molecule has 0 bridgehead atoms. The Hall–Kier alpha value is -1.00. The molecule has 1 unspecified atom stereocenters. The first-order chi connectivity index (χ1) is 8.23. The van der Waals surface area contributed by atoms with E-state index in [1.54, 1.807) is 0 Å². The second-order valence-corrected chi connectivity index (χ2v) is 5.49. The van der Waals surface area contributed by atoms with Crippen molar-refractivity contribution in [3.05, 3.63) is 23.8 Å². The summed E-state index contributed by atoms with van der Waals surface area (Å²) < 4.78 is 0. The highest BCUT2D eigenvalue weighted by Crippen LogP contribution is 2.46. The van der Waals surface area contributed by atoms with Crippen LogP contribution in [0, 0.1) is 0 Å². The van der Waals surface area contributed by atoms with Crippen molar-refractivity contribution in [2.45, 2.75) is 30.6 Å². The molecule has 1 aromatic heterocycles. The SMILES string of the molecule is CN1CCC(c2ccnc(C3(CO)CC3)n2)C1. The molecule has 2 heterocycles. The van der Waals surface area contributed by atoms with Crippen LogP contribution in [0.25, 0.3) is 0 Å². The first-order valence-electron chi connectivity index (χ1n) is 6.36. The Labute approximate surface area is 102 Å². The van der Waals surface area contributed by atoms with E-state index in [1.807, 2.05) is 12.3 Å². The van der Waals surface area contributed by atoms with Gasteiger partial charge < -0.3 is 10.0 Å². The first kappa shape index (κ1) is 11.1. The zero-order chi connectivity index (χ0) is 11.9. The minimum atomic E-state index is -0.111. The summed E-state index contributed by atoms with van der Waals surface area (Å²) in [5.41, 5.74) is 1.04. The largest absolute Gasteiger partial charge is 0.395 e. The van der Waals surface area contributed by atoms with Crippen molar-refractivity contribution in [3.8, 4) is 0 Å². The number of hydrogen-bond donors (Lipinski definition) is 1. The molecule has 1 N–H and O–H groups in total. The zero-order valence-electron chi connectivity index (χ0n) is 10.3. The number of aliphatic hydroxyl groups excluding tert-OH is 1. The molecule has 1 atom stereocenters. The number of nitrogens with zero attached hydrogens (tertiary/aromatic N) is 3. The molecule has 0 amide bonds. The van der Waals surface area contributed by atoms with Crippen molar-refractivity contribution in [2.75, 3.05) is 26.7 Å². The fourth-order valence-electron chi connectivity index (χ4n) is 2.64. The third kappa shape index (κ3) is 1.96. The lowest BCUT2D eigenvalue weighted by Crippen LogP contribution is -2.18. The molecule has 3 rings (SSSR count). The summed E-state index contributed by atoms with van der Waals surface area (Å²) in [5.74, 6) is 1.39. The lowest BCUT2D eigenvalue weighted by atomic mass is 10.0. The average molecular weight is 233 g/mol. The molecular formula is C13H19N3O. The van der Waals surface area contributed by atoms with Gasteiger partial charge in [0.05, 0.1) is 12.0 Å². The van der Waals surface area contributed by atoms with Crippen molar-refractivity contribution in [2.24, 2.45) is 0 Å². The molecule has 0 radical (unpaired) electrons. The van der Waals surface area contributed by atoms with Gasteiger partial charge in [0.1, 0.15) is 5.82 Å². The lowest BCUT2D eigenvalue weighted by molar-refractivity contribution is 0.249. The third-order valence-corrected chi connectivity index (χ3v) is 4.12. The maximum Gasteiger partial charge on any atom is 0.136 e. The molecule has 1 aliphatic carbocycles. The molecule has 4 nitrogen and oxygen atoms in total. The fraction of sp³-hybridized carbons (Fsp3) is 0.692. The van der Waals surface area contributed by atoms with Gasteiger partial charge in [-0.25, -0.2) is 9.97 Å². The normalized spacial score (nSPS) is 27.3. The molecular weight excluding hydrogens is 214 g/mol. The van der Waals surface area contributed by atoms with Gasteiger partial charge in [0, 0.05) is 24.4 Å². The number of aromatic nitrogens is 2. The Morgan fingerprint density at radius 2 is 2.35 bits per heavy atom. The van der Waals surface area contributed by atoms with Crippen molar-refractivity contribution >= 4 is 0 Å². The van der Waals surface area contributed by atoms with Gasteiger partial charge in [0.15, 0.2) is 0 Å². The molecule has 2 fully saturated rings. The van der Waals surface area contributed by atoms with Gasteiger partial charge in [-0.1, -0.05) is 0 Å². The minimum absolute atomic E-state index is 0.111. The van der Waals surface area contributed by atoms with Gasteiger partial charge in [0.25, 0.3) is 0 Å². The summed E-state index contributed by atoms with van der Waals surface area (Å²) in [5, 5.41) is 9.42. The smallest absolute Gasteiger partial charge is 0.136 e. The second-order valence-electron chi connectivity index (χ2n) is 5.49. The number of likely N-dealkylation sites (N-methyl/N-ethyl adjacent to an activating group) is 1. The summed E-state index contributed by atoms with van der Waals surface area (Å²) in [7, 11) is 2.15. The molecule has 4 heteroatoms. The molecule has 17 heavy (non-hydrogen) atoms. The van der Waals surface area contributed by atoms with Crippen LogP contribution in [-0.4, -0.2) is 46.7 Å². The van der Waals surface area contributed by atoms with E-state index in [1.165, 1.54) is 6.42 Å². The van der Waals surface area contributed by atoms with Crippen molar-refractivity contribution in [3.63, 3.8) is 0 Å². The highest BCUT2D eigenvalue weighted by Gasteiger charge is 2.46. The maximum atomic E-state index is 9.42. The minimum Gasteiger partial charge on any atom is -0.395 e. The van der Waals surface area contributed by atoms with Crippen LogP contribution in [0.2, 0.25) is 0 Å². The Kier molecular flexibility index (Phi) is 2.64. The van der Waals surface area contributed by atoms with Crippen LogP contribution in [0.3, 0.4) is 0 Å². The molecule has 1 aliphatic heterocycles. The van der Waals surface area contributed by atoms with E-state index in [9.17, 15) is 5.11 Å². The van der Waals surface area contributed by atoms with Gasteiger partial charge in [-0.05, 0) is 38.9 Å². The average Bonchev–Trinajstić information content (AvgIpc) is 3.06. The second kappa shape index (κ2) is 4.03. The van der Waals surface area contributed by atoms with E-state index in [2.05, 4.69) is 16.9 Å². The quantitative estimate of drug-likeness (QED) is 0.843. The Morgan fingerprint density at radius 3 is 2.94 bits per heavy atom. The van der Waals surface area contributed by atoms with Crippen LogP contribution in [-0.2, 0) is 5.41 Å². The molecule has 1 aromatic rings. The summed E-state index contributed by atoms with van der Waals surface area (Å²) in [6.45, 7) is 2.42. The topological polar surface area (TPSA) is 49.2 Å². The molecule has 92 valence electrons. The van der Waals surface area contributed by atoms with E-state index in [4.69, 9.17) is 4.98 Å². The van der Waals surface area contributed by atoms with Gasteiger partial charge >= 0.3 is 0 Å². The summed E-state index contributed by atoms with van der Waals surface area (Å²) >= 11 is 0. The van der Waals surface area contributed by atoms with Crippen molar-refractivity contribution in [1.29, 1.82) is 0 Å². The van der Waals surface area contributed by atoms with Crippen LogP contribution in [0.1, 0.15) is 36.7 Å². The molecule has 1 saturated carbocycles. The van der Waals surface area contributed by atoms with Crippen LogP contribution >= 0.6 is 0 Å². The monoisotopic (exact) mass is 233 g/mol. The maximum absolute atomic E-state index is 9.42. The van der Waals surface area contributed by atoms with Gasteiger partial charge in [-0.3, -0.25) is 0 Å². The van der Waals surface area contributed by atoms with Gasteiger partial charge in [-0.2, -0.15) is 0 Å². The Bertz CT molecular complexity index is 417. The highest BCUT2D eigenvalue weighted by atomic mass is 16.3. The third-order valence-electron chi connectivity index (χ3n) is 4.12. The first-order valence-corrected chi connectivity index (χ1v) is 6.36. The van der Waals surface area contributed by atoms with Crippen molar-refractivity contribution in [1.82, 2.24) is 14.9 Å². The van der Waals surface area contributed by atoms with Gasteiger partial charge in [0.2, 0.25) is 0 Å². The highest BCUT2D eigenvalue weighted by molar-refractivity contribution is 5.21. The lowest BCUT2D eigenvalue weighted by Gasteiger charge is -2.14. The van der Waals surface area contributed by atoms with Gasteiger partial charge in [-0.15, -0.1) is 0 Å². The Morgan fingerprint density at radius 1 is 1.53 bits per heavy atom. The van der Waals surface area contributed by atoms with E-state index in [0.717, 1.165) is 37.4 Å². The number of likely N-dealkylation sites (tertiary alicyclic amines) is 1. The van der Waals surface area contributed by atoms with E-state index in [-0.39, 0.29) is 12.0 Å². The van der Waals surface area contributed by atoms with Crippen LogP contribution in [0.15, 0.2) is 12.3 Å². The summed E-state index contributed by atoms with van der Waals surface area (Å²) in [6.07, 6.45) is 5.08. The molecule has 1 saturated heterocycles. The molecule has 0 aromatic carbocycles. The van der Waals surface area contributed by atoms with E-state index >= 15 is 0 Å². The Balaban J connectivity index is 1.84. The molecule has 0 spiro atoms. The van der Waals surface area contributed by atoms with Crippen LogP contribution in [0.4, 0.5) is 0 Å². The predicted molar refractivity (Wildman–Crippen MR) is 64.9 cm³/mol. The van der Waals surface area contributed by atoms with E-state index < -0.39 is 0 Å². The number of aliphatic hydroxyl groups is 1. The standard InChI is InChI=1S/C13H19N3O/c1-16-7-3-10(8-16)11-2-6-14-12(15-11)13(9-17)4-5-13/h2,6,10,17H,3-5,7-9H2,1H3. The number of rotatable bonds is 3. The van der Waals surface area contributed by atoms with Crippen LogP contribution in [0.5, 0.6) is 0 Å². The van der Waals surface area contributed by atoms with E-state index in [0.29, 0.717) is 5.92 Å². The zero-order valence-corrected chi connectivity index (χ0v) is 10.3. The molecule has 2 aliphatic rings. The fourth-order valence-corrected chi connectivity index (χ4v) is 2.64. The predicted octanol–water partition coefficient (Wildman–Crippen LogP) is 0.920. The van der Waals surface area contributed by atoms with Crippen LogP contribution < -0.4 is 0 Å². The summed E-state index contributed by atoms with van der Waals surface area (Å²) in [6, 6.07) is 2.03. The number of hydrogen-bond acceptors (Lipinski definition) is 4. The summed E-state index contributed by atoms with van der Waals surface area (Å²) in [4.78, 5) is 11.4. The van der Waals surface area contributed by atoms with Crippen molar-refractivity contribution < 1.29 is 5.11 Å².